The maximum Gasteiger partial charge on any atom is 0.333 e. The van der Waals surface area contributed by atoms with Crippen LogP contribution >= 0.6 is 0 Å². The number of ether oxygens (including phenoxy) is 3. The SMILES string of the molecule is C/C=C(/C)C(=O)OC[C@H]1C2=C(C=C3[C@@H]4c5c(O)c(OC)c(C)c(O)c5C(=O)[C@@H](C(=O)N31)N4C)C(=O)C(C)=C(OC)C2=O. The Hall–Kier alpha value is -4.71. The van der Waals surface area contributed by atoms with Crippen LogP contribution in [-0.2, 0) is 28.7 Å². The number of carbonyl (C=O) groups excluding carboxylic acids is 5. The normalized spacial score (nSPS) is 23.9. The van der Waals surface area contributed by atoms with Gasteiger partial charge in [-0.25, -0.2) is 4.79 Å². The number of aromatic hydroxyl groups is 2. The number of esters is 1. The van der Waals surface area contributed by atoms with Crippen LogP contribution in [0.1, 0.15) is 48.3 Å². The van der Waals surface area contributed by atoms with Gasteiger partial charge in [-0.3, -0.25) is 24.1 Å². The van der Waals surface area contributed by atoms with Crippen LogP contribution in [0.15, 0.2) is 45.9 Å². The molecule has 3 heterocycles. The lowest BCUT2D eigenvalue weighted by Crippen LogP contribution is -2.65. The van der Waals surface area contributed by atoms with Crippen molar-refractivity contribution in [1.29, 1.82) is 0 Å². The van der Waals surface area contributed by atoms with Crippen molar-refractivity contribution in [3.05, 3.63) is 62.6 Å². The Bertz CT molecular complexity index is 1640. The molecule has 1 amide bonds. The first-order valence-electron chi connectivity index (χ1n) is 13.1. The predicted molar refractivity (Wildman–Crippen MR) is 146 cm³/mol. The number of amides is 1. The third-order valence-corrected chi connectivity index (χ3v) is 8.42. The number of rotatable bonds is 5. The van der Waals surface area contributed by atoms with Crippen LogP contribution in [0.25, 0.3) is 0 Å². The number of nitrogens with zero attached hydrogens (tertiary/aromatic N) is 2. The summed E-state index contributed by atoms with van der Waals surface area (Å²) in [4.78, 5) is 70.5. The molecule has 2 N–H and O–H groups in total. The number of likely N-dealkylation sites (N-methyl/N-ethyl adjacent to an activating group) is 1. The summed E-state index contributed by atoms with van der Waals surface area (Å²) in [5.74, 6) is -4.56. The van der Waals surface area contributed by atoms with Gasteiger partial charge in [0, 0.05) is 39.1 Å². The van der Waals surface area contributed by atoms with Crippen molar-refractivity contribution >= 4 is 29.2 Å². The molecule has 3 aliphatic heterocycles. The van der Waals surface area contributed by atoms with Crippen molar-refractivity contribution in [2.75, 3.05) is 27.9 Å². The van der Waals surface area contributed by atoms with Gasteiger partial charge in [0.2, 0.25) is 5.78 Å². The lowest BCUT2D eigenvalue weighted by atomic mass is 9.75. The molecule has 1 saturated heterocycles. The molecular weight excluding hydrogens is 548 g/mol. The minimum absolute atomic E-state index is 0.0218. The molecule has 0 radical (unpaired) electrons. The smallest absolute Gasteiger partial charge is 0.333 e. The molecule has 5 rings (SSSR count). The number of carbonyl (C=O) groups is 5. The molecule has 1 aromatic carbocycles. The number of hydrogen-bond acceptors (Lipinski definition) is 11. The lowest BCUT2D eigenvalue weighted by molar-refractivity contribution is -0.147. The summed E-state index contributed by atoms with van der Waals surface area (Å²) in [5, 5.41) is 22.4. The average Bonchev–Trinajstić information content (AvgIpc) is 2.96. The van der Waals surface area contributed by atoms with Crippen LogP contribution in [-0.4, -0.2) is 89.2 Å². The van der Waals surface area contributed by atoms with Gasteiger partial charge in [0.05, 0.1) is 25.8 Å². The monoisotopic (exact) mass is 578 g/mol. The third-order valence-electron chi connectivity index (χ3n) is 8.42. The summed E-state index contributed by atoms with van der Waals surface area (Å²) in [7, 11) is 4.05. The zero-order valence-corrected chi connectivity index (χ0v) is 24.1. The number of fused-ring (bicyclic) bond motifs is 6. The number of benzene rings is 1. The second-order valence-corrected chi connectivity index (χ2v) is 10.5. The Morgan fingerprint density at radius 2 is 1.69 bits per heavy atom. The van der Waals surface area contributed by atoms with Gasteiger partial charge in [-0.15, -0.1) is 0 Å². The maximum atomic E-state index is 14.2. The van der Waals surface area contributed by atoms with E-state index in [-0.39, 0.29) is 56.2 Å². The fourth-order valence-corrected chi connectivity index (χ4v) is 6.18. The van der Waals surface area contributed by atoms with Crippen LogP contribution in [0.3, 0.4) is 0 Å². The summed E-state index contributed by atoms with van der Waals surface area (Å²) < 4.78 is 16.1. The largest absolute Gasteiger partial charge is 0.507 e. The van der Waals surface area contributed by atoms with E-state index in [0.29, 0.717) is 0 Å². The lowest BCUT2D eigenvalue weighted by Gasteiger charge is -2.52. The van der Waals surface area contributed by atoms with Crippen LogP contribution < -0.4 is 4.74 Å². The number of ketones is 3. The van der Waals surface area contributed by atoms with Gasteiger partial charge >= 0.3 is 5.97 Å². The van der Waals surface area contributed by atoms with Crippen molar-refractivity contribution in [3.8, 4) is 17.2 Å². The minimum Gasteiger partial charge on any atom is -0.507 e. The zero-order chi connectivity index (χ0) is 30.9. The quantitative estimate of drug-likeness (QED) is 0.173. The summed E-state index contributed by atoms with van der Waals surface area (Å²) in [6.07, 6.45) is 2.91. The highest BCUT2D eigenvalue weighted by Crippen LogP contribution is 2.55. The number of hydrogen-bond donors (Lipinski definition) is 2. The summed E-state index contributed by atoms with van der Waals surface area (Å²) in [6.45, 7) is 5.58. The highest BCUT2D eigenvalue weighted by atomic mass is 16.5. The van der Waals surface area contributed by atoms with E-state index in [1.165, 1.54) is 64.0 Å². The summed E-state index contributed by atoms with van der Waals surface area (Å²) >= 11 is 0. The van der Waals surface area contributed by atoms with Gasteiger partial charge in [-0.1, -0.05) is 6.08 Å². The number of methoxy groups -OCH3 is 2. The van der Waals surface area contributed by atoms with Crippen molar-refractivity contribution in [2.45, 2.75) is 45.8 Å². The van der Waals surface area contributed by atoms with Crippen LogP contribution in [0, 0.1) is 6.92 Å². The van der Waals surface area contributed by atoms with Crippen molar-refractivity contribution in [2.24, 2.45) is 0 Å². The highest BCUT2D eigenvalue weighted by molar-refractivity contribution is 6.27. The van der Waals surface area contributed by atoms with E-state index in [4.69, 9.17) is 14.2 Å². The van der Waals surface area contributed by atoms with Crippen molar-refractivity contribution in [3.63, 3.8) is 0 Å². The molecule has 0 aromatic heterocycles. The molecule has 12 nitrogen and oxygen atoms in total. The number of allylic oxidation sites excluding steroid dienone is 5. The second kappa shape index (κ2) is 9.98. The molecule has 0 spiro atoms. The molecule has 0 unspecified atom stereocenters. The van der Waals surface area contributed by atoms with Gasteiger partial charge in [0.1, 0.15) is 18.4 Å². The Morgan fingerprint density at radius 3 is 2.29 bits per heavy atom. The number of piperazine rings is 1. The number of Topliss-reactive ketones (excluding diaryl/α,β-unsaturated/α-hetero) is 3. The average molecular weight is 579 g/mol. The van der Waals surface area contributed by atoms with E-state index in [1.807, 2.05) is 0 Å². The van der Waals surface area contributed by atoms with Crippen LogP contribution in [0.5, 0.6) is 17.2 Å². The molecule has 4 aliphatic rings. The molecule has 220 valence electrons. The topological polar surface area (TPSA) is 160 Å². The molecule has 1 fully saturated rings. The predicted octanol–water partition coefficient (Wildman–Crippen LogP) is 1.94. The first-order chi connectivity index (χ1) is 19.8. The molecule has 1 aliphatic carbocycles. The number of phenols is 2. The first kappa shape index (κ1) is 28.8. The standard InChI is InChI=1S/C30H30N2O10/c1-8-11(2)30(39)42-10-16-17-14(22(33)12(3)27(40-6)25(17)36)9-15-20-18-19(23(34)13(4)28(41-7)26(18)37)24(35)21(31(20)5)29(38)32(15)16/h8-9,16,20-21,34,37H,10H2,1-7H3/b11-8-/t16-,20+,21-/m0/s1. The van der Waals surface area contributed by atoms with Gasteiger partial charge in [0.25, 0.3) is 5.91 Å². The zero-order valence-electron chi connectivity index (χ0n) is 24.1. The molecule has 42 heavy (non-hydrogen) atoms. The third kappa shape index (κ3) is 3.67. The van der Waals surface area contributed by atoms with E-state index in [9.17, 15) is 34.2 Å². The Labute approximate surface area is 241 Å². The molecule has 12 heteroatoms. The highest BCUT2D eigenvalue weighted by Gasteiger charge is 2.58. The van der Waals surface area contributed by atoms with Gasteiger partial charge in [0.15, 0.2) is 34.9 Å². The van der Waals surface area contributed by atoms with Crippen molar-refractivity contribution < 1.29 is 48.4 Å². The van der Waals surface area contributed by atoms with Crippen molar-refractivity contribution in [1.82, 2.24) is 9.80 Å². The minimum atomic E-state index is -1.45. The number of phenolic OH excluding ortho intramolecular Hbond substituents is 2. The Kier molecular flexibility index (Phi) is 6.85. The first-order valence-corrected chi connectivity index (χ1v) is 13.1. The molecule has 1 aromatic rings. The molecular formula is C30H30N2O10. The van der Waals surface area contributed by atoms with E-state index in [2.05, 4.69) is 0 Å². The maximum absolute atomic E-state index is 14.2. The second-order valence-electron chi connectivity index (χ2n) is 10.5. The fourth-order valence-electron chi connectivity index (χ4n) is 6.18. The van der Waals surface area contributed by atoms with E-state index in [1.54, 1.807) is 6.92 Å². The fraction of sp³-hybridized carbons (Fsp3) is 0.367. The van der Waals surface area contributed by atoms with E-state index >= 15 is 0 Å². The van der Waals surface area contributed by atoms with Crippen LogP contribution in [0.2, 0.25) is 0 Å². The van der Waals surface area contributed by atoms with Gasteiger partial charge < -0.3 is 29.3 Å². The molecule has 3 atom stereocenters. The Balaban J connectivity index is 1.79. The van der Waals surface area contributed by atoms with E-state index in [0.717, 1.165) is 0 Å². The van der Waals surface area contributed by atoms with E-state index < -0.39 is 65.5 Å². The molecule has 0 saturated carbocycles. The summed E-state index contributed by atoms with van der Waals surface area (Å²) in [6, 6.07) is -3.79. The van der Waals surface area contributed by atoms with Gasteiger partial charge in [-0.2, -0.15) is 0 Å². The molecule has 2 bridgehead atoms. The van der Waals surface area contributed by atoms with Crippen LogP contribution in [0.4, 0.5) is 0 Å². The van der Waals surface area contributed by atoms with Gasteiger partial charge in [-0.05, 0) is 40.8 Å². The Morgan fingerprint density at radius 1 is 1.02 bits per heavy atom. The summed E-state index contributed by atoms with van der Waals surface area (Å²) in [5.41, 5.74) is 0.186.